The molecule has 3 aromatic rings. The number of piperazine rings is 1. The molecule has 1 aliphatic rings. The second-order valence-corrected chi connectivity index (χ2v) is 7.68. The lowest BCUT2D eigenvalue weighted by atomic mass is 10.1. The minimum atomic E-state index is -0.389. The van der Waals surface area contributed by atoms with Gasteiger partial charge in [0.2, 0.25) is 0 Å². The van der Waals surface area contributed by atoms with E-state index in [1.807, 2.05) is 42.5 Å². The maximum absolute atomic E-state index is 12.5. The van der Waals surface area contributed by atoms with Crippen molar-refractivity contribution in [3.63, 3.8) is 0 Å². The first kappa shape index (κ1) is 20.6. The normalized spacial score (nSPS) is 14.3. The summed E-state index contributed by atoms with van der Waals surface area (Å²) in [4.78, 5) is 26.3. The highest BCUT2D eigenvalue weighted by Crippen LogP contribution is 2.21. The molecule has 0 aliphatic carbocycles. The van der Waals surface area contributed by atoms with Crippen LogP contribution in [0.1, 0.15) is 0 Å². The average molecular weight is 417 g/mol. The number of carbonyl (C=O) groups excluding carboxylic acids is 1. The van der Waals surface area contributed by atoms with Gasteiger partial charge in [-0.15, -0.1) is 0 Å². The number of amides is 1. The summed E-state index contributed by atoms with van der Waals surface area (Å²) in [6, 6.07) is 24.7. The van der Waals surface area contributed by atoms with Crippen molar-refractivity contribution in [2.24, 2.45) is 0 Å². The Morgan fingerprint density at radius 3 is 2.13 bits per heavy atom. The van der Waals surface area contributed by atoms with Gasteiger partial charge in [0.1, 0.15) is 0 Å². The third-order valence-electron chi connectivity index (χ3n) is 5.58. The second kappa shape index (κ2) is 9.40. The van der Waals surface area contributed by atoms with Crippen LogP contribution < -0.4 is 15.1 Å². The summed E-state index contributed by atoms with van der Waals surface area (Å²) in [5, 5.41) is 13.8. The molecule has 31 heavy (non-hydrogen) atoms. The van der Waals surface area contributed by atoms with Gasteiger partial charge >= 0.3 is 0 Å². The van der Waals surface area contributed by atoms with Gasteiger partial charge in [0.15, 0.2) is 6.54 Å². The molecule has 1 saturated heterocycles. The van der Waals surface area contributed by atoms with Crippen molar-refractivity contribution >= 4 is 23.0 Å². The van der Waals surface area contributed by atoms with Crippen LogP contribution in [0.4, 0.5) is 17.1 Å². The van der Waals surface area contributed by atoms with E-state index in [0.29, 0.717) is 6.54 Å². The van der Waals surface area contributed by atoms with Crippen LogP contribution in [0.15, 0.2) is 78.9 Å². The quantitative estimate of drug-likeness (QED) is 0.477. The summed E-state index contributed by atoms with van der Waals surface area (Å²) in [6.07, 6.45) is 0. The Kier molecular flexibility index (Phi) is 6.24. The topological polar surface area (TPSA) is 79.9 Å². The summed E-state index contributed by atoms with van der Waals surface area (Å²) >= 11 is 0. The van der Waals surface area contributed by atoms with Crippen molar-refractivity contribution in [2.75, 3.05) is 42.9 Å². The maximum Gasteiger partial charge on any atom is 0.279 e. The Morgan fingerprint density at radius 1 is 0.903 bits per heavy atom. The number of anilines is 2. The predicted octanol–water partition coefficient (Wildman–Crippen LogP) is 2.61. The summed E-state index contributed by atoms with van der Waals surface area (Å²) in [7, 11) is 0. The smallest absolute Gasteiger partial charge is 0.279 e. The van der Waals surface area contributed by atoms with Gasteiger partial charge in [-0.1, -0.05) is 42.5 Å². The fourth-order valence-electron chi connectivity index (χ4n) is 3.85. The Bertz CT molecular complexity index is 1030. The Labute approximate surface area is 181 Å². The lowest BCUT2D eigenvalue weighted by Crippen LogP contribution is -3.15. The predicted molar refractivity (Wildman–Crippen MR) is 121 cm³/mol. The van der Waals surface area contributed by atoms with E-state index in [0.717, 1.165) is 48.7 Å². The zero-order valence-electron chi connectivity index (χ0n) is 17.2. The fourth-order valence-corrected chi connectivity index (χ4v) is 3.85. The number of benzene rings is 3. The van der Waals surface area contributed by atoms with Crippen LogP contribution >= 0.6 is 0 Å². The number of carbonyl (C=O) groups is 1. The Morgan fingerprint density at radius 2 is 1.52 bits per heavy atom. The molecule has 0 unspecified atom stereocenters. The Hall–Kier alpha value is -3.71. The van der Waals surface area contributed by atoms with Crippen LogP contribution in [0.25, 0.3) is 11.1 Å². The van der Waals surface area contributed by atoms with E-state index < -0.39 is 0 Å². The van der Waals surface area contributed by atoms with E-state index in [2.05, 4.69) is 22.3 Å². The molecular weight excluding hydrogens is 392 g/mol. The van der Waals surface area contributed by atoms with Crippen LogP contribution in [0, 0.1) is 10.1 Å². The van der Waals surface area contributed by atoms with E-state index in [4.69, 9.17) is 0 Å². The summed E-state index contributed by atoms with van der Waals surface area (Å²) in [5.41, 5.74) is 4.14. The third kappa shape index (κ3) is 5.26. The van der Waals surface area contributed by atoms with Gasteiger partial charge in [0, 0.05) is 23.5 Å². The number of nitrogens with one attached hydrogen (secondary N) is 2. The molecule has 7 heteroatoms. The zero-order chi connectivity index (χ0) is 21.6. The fraction of sp³-hybridized carbons (Fsp3) is 0.208. The summed E-state index contributed by atoms with van der Waals surface area (Å²) in [6.45, 7) is 3.74. The number of hydrogen-bond acceptors (Lipinski definition) is 4. The van der Waals surface area contributed by atoms with Crippen LogP contribution in [0.5, 0.6) is 0 Å². The maximum atomic E-state index is 12.5. The zero-order valence-corrected chi connectivity index (χ0v) is 17.2. The van der Waals surface area contributed by atoms with Crippen molar-refractivity contribution in [3.05, 3.63) is 89.0 Å². The Balaban J connectivity index is 1.26. The number of quaternary nitrogens is 1. The highest BCUT2D eigenvalue weighted by atomic mass is 16.6. The van der Waals surface area contributed by atoms with Crippen LogP contribution in [-0.2, 0) is 4.79 Å². The number of non-ortho nitro benzene ring substituents is 1. The van der Waals surface area contributed by atoms with Gasteiger partial charge in [-0.25, -0.2) is 0 Å². The molecule has 0 atom stereocenters. The molecular formula is C24H25N4O3+. The number of hydrogen-bond donors (Lipinski definition) is 2. The number of rotatable bonds is 6. The molecule has 0 aromatic heterocycles. The molecule has 0 saturated carbocycles. The van der Waals surface area contributed by atoms with E-state index in [1.54, 1.807) is 12.1 Å². The SMILES string of the molecule is O=C(C[NH+]1CCN(c2ccc([N+](=O)[O-])cc2)CC1)Nc1ccc(-c2ccccc2)cc1. The molecule has 2 N–H and O–H groups in total. The number of nitrogens with zero attached hydrogens (tertiary/aromatic N) is 2. The molecule has 0 spiro atoms. The van der Waals surface area contributed by atoms with Gasteiger partial charge in [0.25, 0.3) is 11.6 Å². The van der Waals surface area contributed by atoms with E-state index in [1.165, 1.54) is 17.0 Å². The molecule has 3 aromatic carbocycles. The van der Waals surface area contributed by atoms with Crippen molar-refractivity contribution < 1.29 is 14.6 Å². The molecule has 1 heterocycles. The summed E-state index contributed by atoms with van der Waals surface area (Å²) < 4.78 is 0. The minimum absolute atomic E-state index is 0.00578. The molecule has 1 aliphatic heterocycles. The summed E-state index contributed by atoms with van der Waals surface area (Å²) in [5.74, 6) is 0.00578. The molecule has 0 radical (unpaired) electrons. The molecule has 158 valence electrons. The first-order valence-electron chi connectivity index (χ1n) is 10.4. The molecule has 4 rings (SSSR count). The number of nitro groups is 1. The van der Waals surface area contributed by atoms with Crippen molar-refractivity contribution in [1.82, 2.24) is 0 Å². The lowest BCUT2D eigenvalue weighted by molar-refractivity contribution is -0.892. The van der Waals surface area contributed by atoms with Crippen molar-refractivity contribution in [2.45, 2.75) is 0 Å². The van der Waals surface area contributed by atoms with Gasteiger partial charge in [0.05, 0.1) is 31.1 Å². The van der Waals surface area contributed by atoms with Crippen molar-refractivity contribution in [3.8, 4) is 11.1 Å². The van der Waals surface area contributed by atoms with Crippen LogP contribution in [0.3, 0.4) is 0 Å². The first-order valence-corrected chi connectivity index (χ1v) is 10.4. The van der Waals surface area contributed by atoms with Gasteiger partial charge in [-0.05, 0) is 35.4 Å². The number of nitro benzene ring substituents is 1. The average Bonchev–Trinajstić information content (AvgIpc) is 2.81. The van der Waals surface area contributed by atoms with E-state index in [9.17, 15) is 14.9 Å². The molecule has 0 bridgehead atoms. The molecule has 1 amide bonds. The van der Waals surface area contributed by atoms with Gasteiger partial charge in [-0.2, -0.15) is 0 Å². The highest BCUT2D eigenvalue weighted by molar-refractivity contribution is 5.91. The monoisotopic (exact) mass is 417 g/mol. The highest BCUT2D eigenvalue weighted by Gasteiger charge is 2.22. The van der Waals surface area contributed by atoms with Crippen LogP contribution in [-0.4, -0.2) is 43.6 Å². The van der Waals surface area contributed by atoms with Crippen molar-refractivity contribution in [1.29, 1.82) is 0 Å². The van der Waals surface area contributed by atoms with E-state index in [-0.39, 0.29) is 16.5 Å². The van der Waals surface area contributed by atoms with Gasteiger partial charge < -0.3 is 15.1 Å². The third-order valence-corrected chi connectivity index (χ3v) is 5.58. The molecule has 7 nitrogen and oxygen atoms in total. The lowest BCUT2D eigenvalue weighted by Gasteiger charge is -2.33. The van der Waals surface area contributed by atoms with Crippen LogP contribution in [0.2, 0.25) is 0 Å². The van der Waals surface area contributed by atoms with E-state index >= 15 is 0 Å². The first-order chi connectivity index (χ1) is 15.1. The standard InChI is InChI=1S/C24H24N4O3/c29-24(25-21-8-6-20(7-9-21)19-4-2-1-3-5-19)18-26-14-16-27(17-15-26)22-10-12-23(13-11-22)28(30)31/h1-13H,14-18H2,(H,25,29)/p+1. The largest absolute Gasteiger partial charge is 0.360 e. The van der Waals surface area contributed by atoms with Gasteiger partial charge in [-0.3, -0.25) is 14.9 Å². The second-order valence-electron chi connectivity index (χ2n) is 7.68. The molecule has 1 fully saturated rings. The minimum Gasteiger partial charge on any atom is -0.360 e.